The molecule has 0 aliphatic heterocycles. The molecule has 0 atom stereocenters. The Hall–Kier alpha value is -2.80. The second-order valence-corrected chi connectivity index (χ2v) is 5.53. The standard InChI is InChI=1S/C18H19ClN2O5/c1-3-24-17-9-14(16(19)10-18(17)25-4-2)11-20-26-12-13-6-5-7-15(8-13)21(22)23/h5-11H,3-4,12H2,1-2H3/b20-11-. The van der Waals surface area contributed by atoms with Gasteiger partial charge in [-0.1, -0.05) is 28.9 Å². The largest absolute Gasteiger partial charge is 0.490 e. The van der Waals surface area contributed by atoms with Crippen LogP contribution < -0.4 is 9.47 Å². The number of benzene rings is 2. The Morgan fingerprint density at radius 1 is 1.15 bits per heavy atom. The Labute approximate surface area is 156 Å². The Bertz CT molecular complexity index is 795. The van der Waals surface area contributed by atoms with Crippen molar-refractivity contribution in [2.24, 2.45) is 5.16 Å². The summed E-state index contributed by atoms with van der Waals surface area (Å²) in [7, 11) is 0. The molecule has 0 fully saturated rings. The molecule has 0 N–H and O–H groups in total. The minimum atomic E-state index is -0.457. The van der Waals surface area contributed by atoms with Gasteiger partial charge in [-0.3, -0.25) is 10.1 Å². The molecule has 0 aromatic heterocycles. The van der Waals surface area contributed by atoms with Crippen LogP contribution in [0.15, 0.2) is 41.6 Å². The van der Waals surface area contributed by atoms with E-state index >= 15 is 0 Å². The molecule has 0 radical (unpaired) electrons. The van der Waals surface area contributed by atoms with Crippen molar-refractivity contribution in [3.05, 3.63) is 62.7 Å². The highest BCUT2D eigenvalue weighted by molar-refractivity contribution is 6.33. The molecule has 138 valence electrons. The molecular formula is C18H19ClN2O5. The summed E-state index contributed by atoms with van der Waals surface area (Å²) in [5.74, 6) is 1.13. The Kier molecular flexibility index (Phi) is 7.23. The molecule has 2 aromatic carbocycles. The molecule has 0 saturated carbocycles. The summed E-state index contributed by atoms with van der Waals surface area (Å²) < 4.78 is 11.0. The molecule has 0 unspecified atom stereocenters. The molecule has 0 aliphatic carbocycles. The van der Waals surface area contributed by atoms with Crippen molar-refractivity contribution in [1.82, 2.24) is 0 Å². The first kappa shape index (κ1) is 19.5. The summed E-state index contributed by atoms with van der Waals surface area (Å²) >= 11 is 6.23. The van der Waals surface area contributed by atoms with Crippen LogP contribution >= 0.6 is 11.6 Å². The molecule has 0 aliphatic rings. The van der Waals surface area contributed by atoms with Gasteiger partial charge in [0.15, 0.2) is 11.5 Å². The first-order valence-electron chi connectivity index (χ1n) is 8.03. The average molecular weight is 379 g/mol. The van der Waals surface area contributed by atoms with E-state index in [2.05, 4.69) is 5.16 Å². The summed E-state index contributed by atoms with van der Waals surface area (Å²) in [6.07, 6.45) is 1.46. The van der Waals surface area contributed by atoms with E-state index in [0.717, 1.165) is 0 Å². The van der Waals surface area contributed by atoms with Crippen molar-refractivity contribution in [1.29, 1.82) is 0 Å². The fourth-order valence-corrected chi connectivity index (χ4v) is 2.35. The SMILES string of the molecule is CCOc1cc(Cl)c(/C=N\OCc2cccc([N+](=O)[O-])c2)cc1OCC. The first-order chi connectivity index (χ1) is 12.5. The van der Waals surface area contributed by atoms with Gasteiger partial charge in [0.25, 0.3) is 5.69 Å². The monoisotopic (exact) mass is 378 g/mol. The van der Waals surface area contributed by atoms with E-state index in [9.17, 15) is 10.1 Å². The van der Waals surface area contributed by atoms with E-state index in [4.69, 9.17) is 25.9 Å². The number of oxime groups is 1. The quantitative estimate of drug-likeness (QED) is 0.362. The fraction of sp³-hybridized carbons (Fsp3) is 0.278. The lowest BCUT2D eigenvalue weighted by molar-refractivity contribution is -0.384. The second kappa shape index (κ2) is 9.62. The van der Waals surface area contributed by atoms with Crippen molar-refractivity contribution in [2.45, 2.75) is 20.5 Å². The molecule has 8 heteroatoms. The van der Waals surface area contributed by atoms with Crippen LogP contribution in [0.4, 0.5) is 5.69 Å². The molecule has 26 heavy (non-hydrogen) atoms. The lowest BCUT2D eigenvalue weighted by atomic mass is 10.2. The van der Waals surface area contributed by atoms with Gasteiger partial charge in [-0.15, -0.1) is 0 Å². The van der Waals surface area contributed by atoms with Crippen molar-refractivity contribution < 1.29 is 19.2 Å². The number of rotatable bonds is 9. The number of nitro benzene ring substituents is 1. The average Bonchev–Trinajstić information content (AvgIpc) is 2.62. The molecular weight excluding hydrogens is 360 g/mol. The molecule has 0 saturated heterocycles. The zero-order valence-corrected chi connectivity index (χ0v) is 15.2. The minimum Gasteiger partial charge on any atom is -0.490 e. The maximum atomic E-state index is 10.8. The van der Waals surface area contributed by atoms with Gasteiger partial charge < -0.3 is 14.3 Å². The predicted molar refractivity (Wildman–Crippen MR) is 99.3 cm³/mol. The predicted octanol–water partition coefficient (Wildman–Crippen LogP) is 4.60. The second-order valence-electron chi connectivity index (χ2n) is 5.12. The van der Waals surface area contributed by atoms with Crippen LogP contribution in [0.1, 0.15) is 25.0 Å². The van der Waals surface area contributed by atoms with Crippen molar-refractivity contribution in [3.8, 4) is 11.5 Å². The van der Waals surface area contributed by atoms with E-state index in [-0.39, 0.29) is 12.3 Å². The molecule has 2 rings (SSSR count). The molecule has 2 aromatic rings. The number of hydrogen-bond acceptors (Lipinski definition) is 6. The van der Waals surface area contributed by atoms with Gasteiger partial charge >= 0.3 is 0 Å². The van der Waals surface area contributed by atoms with E-state index in [1.165, 1.54) is 18.3 Å². The third-order valence-electron chi connectivity index (χ3n) is 3.28. The minimum absolute atomic E-state index is 0.00555. The van der Waals surface area contributed by atoms with Gasteiger partial charge in [-0.05, 0) is 25.5 Å². The summed E-state index contributed by atoms with van der Waals surface area (Å²) in [4.78, 5) is 15.5. The van der Waals surface area contributed by atoms with Gasteiger partial charge in [-0.25, -0.2) is 0 Å². The lowest BCUT2D eigenvalue weighted by Gasteiger charge is -2.12. The summed E-state index contributed by atoms with van der Waals surface area (Å²) in [6.45, 7) is 4.84. The highest BCUT2D eigenvalue weighted by Crippen LogP contribution is 2.33. The molecule has 0 bridgehead atoms. The zero-order chi connectivity index (χ0) is 18.9. The van der Waals surface area contributed by atoms with Crippen molar-refractivity contribution in [3.63, 3.8) is 0 Å². The van der Waals surface area contributed by atoms with E-state index < -0.39 is 4.92 Å². The summed E-state index contributed by atoms with van der Waals surface area (Å²) in [5, 5.41) is 15.1. The number of halogens is 1. The van der Waals surface area contributed by atoms with Crippen LogP contribution in [-0.4, -0.2) is 24.4 Å². The van der Waals surface area contributed by atoms with Crippen LogP contribution in [0.3, 0.4) is 0 Å². The first-order valence-corrected chi connectivity index (χ1v) is 8.40. The maximum Gasteiger partial charge on any atom is 0.269 e. The number of ether oxygens (including phenoxy) is 2. The summed E-state index contributed by atoms with van der Waals surface area (Å²) in [5.41, 5.74) is 1.26. The van der Waals surface area contributed by atoms with Gasteiger partial charge in [0.2, 0.25) is 0 Å². The topological polar surface area (TPSA) is 83.2 Å². The fourth-order valence-electron chi connectivity index (χ4n) is 2.15. The molecule has 0 heterocycles. The zero-order valence-electron chi connectivity index (χ0n) is 14.5. The van der Waals surface area contributed by atoms with E-state index in [0.29, 0.717) is 40.9 Å². The highest BCUT2D eigenvalue weighted by Gasteiger charge is 2.10. The van der Waals surface area contributed by atoms with Gasteiger partial charge in [0.1, 0.15) is 6.61 Å². The van der Waals surface area contributed by atoms with Crippen LogP contribution in [-0.2, 0) is 11.4 Å². The smallest absolute Gasteiger partial charge is 0.269 e. The van der Waals surface area contributed by atoms with Crippen LogP contribution in [0, 0.1) is 10.1 Å². The van der Waals surface area contributed by atoms with Crippen LogP contribution in [0.5, 0.6) is 11.5 Å². The van der Waals surface area contributed by atoms with Crippen molar-refractivity contribution in [2.75, 3.05) is 13.2 Å². The molecule has 7 nitrogen and oxygen atoms in total. The summed E-state index contributed by atoms with van der Waals surface area (Å²) in [6, 6.07) is 9.56. The number of hydrogen-bond donors (Lipinski definition) is 0. The van der Waals surface area contributed by atoms with Gasteiger partial charge in [0.05, 0.1) is 29.4 Å². The maximum absolute atomic E-state index is 10.8. The Balaban J connectivity index is 2.06. The van der Waals surface area contributed by atoms with Gasteiger partial charge in [0, 0.05) is 23.8 Å². The van der Waals surface area contributed by atoms with E-state index in [1.54, 1.807) is 24.3 Å². The van der Waals surface area contributed by atoms with Crippen molar-refractivity contribution >= 4 is 23.5 Å². The highest BCUT2D eigenvalue weighted by atomic mass is 35.5. The Morgan fingerprint density at radius 2 is 1.85 bits per heavy atom. The molecule has 0 amide bonds. The Morgan fingerprint density at radius 3 is 2.50 bits per heavy atom. The lowest BCUT2D eigenvalue weighted by Crippen LogP contribution is -2.00. The van der Waals surface area contributed by atoms with Crippen LogP contribution in [0.25, 0.3) is 0 Å². The number of non-ortho nitro benzene ring substituents is 1. The third-order valence-corrected chi connectivity index (χ3v) is 3.61. The number of nitrogens with zero attached hydrogens (tertiary/aromatic N) is 2. The van der Waals surface area contributed by atoms with Gasteiger partial charge in [-0.2, -0.15) is 0 Å². The van der Waals surface area contributed by atoms with E-state index in [1.807, 2.05) is 13.8 Å². The number of nitro groups is 1. The molecule has 0 spiro atoms. The third kappa shape index (κ3) is 5.35. The normalized spacial score (nSPS) is 10.7. The van der Waals surface area contributed by atoms with Crippen LogP contribution in [0.2, 0.25) is 5.02 Å².